The zero-order valence-corrected chi connectivity index (χ0v) is 12.8. The number of amides is 1. The van der Waals surface area contributed by atoms with Gasteiger partial charge in [0, 0.05) is 18.2 Å². The number of rotatable bonds is 6. The number of hydrogen-bond donors (Lipinski definition) is 2. The van der Waals surface area contributed by atoms with E-state index < -0.39 is 0 Å². The Morgan fingerprint density at radius 2 is 2.00 bits per heavy atom. The SMILES string of the molecule is CCCCC(CN)NC(=O)c1ccc(C)c(C)c1.Cl. The van der Waals surface area contributed by atoms with E-state index in [4.69, 9.17) is 5.73 Å². The lowest BCUT2D eigenvalue weighted by atomic mass is 10.0. The molecule has 1 atom stereocenters. The number of unbranched alkanes of at least 4 members (excludes halogenated alkanes) is 1. The minimum Gasteiger partial charge on any atom is -0.348 e. The molecular formula is C15H25ClN2O. The van der Waals surface area contributed by atoms with Crippen LogP contribution in [0.3, 0.4) is 0 Å². The number of benzene rings is 1. The normalized spacial score (nSPS) is 11.6. The molecule has 0 aliphatic carbocycles. The monoisotopic (exact) mass is 284 g/mol. The molecule has 1 aromatic rings. The Morgan fingerprint density at radius 1 is 1.32 bits per heavy atom. The van der Waals surface area contributed by atoms with E-state index in [1.165, 1.54) is 5.56 Å². The van der Waals surface area contributed by atoms with Gasteiger partial charge in [0.1, 0.15) is 0 Å². The van der Waals surface area contributed by atoms with E-state index in [0.717, 1.165) is 24.8 Å². The third-order valence-corrected chi connectivity index (χ3v) is 3.29. The lowest BCUT2D eigenvalue weighted by Gasteiger charge is -2.16. The van der Waals surface area contributed by atoms with Gasteiger partial charge >= 0.3 is 0 Å². The van der Waals surface area contributed by atoms with Crippen molar-refractivity contribution in [1.29, 1.82) is 0 Å². The molecule has 0 radical (unpaired) electrons. The highest BCUT2D eigenvalue weighted by Gasteiger charge is 2.12. The maximum atomic E-state index is 12.1. The average molecular weight is 285 g/mol. The largest absolute Gasteiger partial charge is 0.348 e. The van der Waals surface area contributed by atoms with Gasteiger partial charge in [-0.25, -0.2) is 0 Å². The molecule has 0 bridgehead atoms. The number of aryl methyl sites for hydroxylation is 2. The highest BCUT2D eigenvalue weighted by atomic mass is 35.5. The molecule has 1 amide bonds. The van der Waals surface area contributed by atoms with Gasteiger partial charge in [0.05, 0.1) is 0 Å². The van der Waals surface area contributed by atoms with E-state index in [1.807, 2.05) is 32.0 Å². The first-order valence-electron chi connectivity index (χ1n) is 6.66. The van der Waals surface area contributed by atoms with Gasteiger partial charge in [0.2, 0.25) is 0 Å². The highest BCUT2D eigenvalue weighted by Crippen LogP contribution is 2.10. The van der Waals surface area contributed by atoms with Crippen molar-refractivity contribution in [3.05, 3.63) is 34.9 Å². The summed E-state index contributed by atoms with van der Waals surface area (Å²) < 4.78 is 0. The molecule has 3 nitrogen and oxygen atoms in total. The van der Waals surface area contributed by atoms with Gasteiger partial charge in [0.25, 0.3) is 5.91 Å². The van der Waals surface area contributed by atoms with Crippen LogP contribution < -0.4 is 11.1 Å². The topological polar surface area (TPSA) is 55.1 Å². The van der Waals surface area contributed by atoms with Gasteiger partial charge < -0.3 is 11.1 Å². The van der Waals surface area contributed by atoms with Gasteiger partial charge in [-0.05, 0) is 43.5 Å². The van der Waals surface area contributed by atoms with Crippen LogP contribution in [-0.4, -0.2) is 18.5 Å². The van der Waals surface area contributed by atoms with Gasteiger partial charge in [-0.2, -0.15) is 0 Å². The highest BCUT2D eigenvalue weighted by molar-refractivity contribution is 5.94. The lowest BCUT2D eigenvalue weighted by Crippen LogP contribution is -2.40. The molecule has 1 unspecified atom stereocenters. The Balaban J connectivity index is 0.00000324. The van der Waals surface area contributed by atoms with Crippen LogP contribution in [0.4, 0.5) is 0 Å². The summed E-state index contributed by atoms with van der Waals surface area (Å²) in [6, 6.07) is 5.86. The molecule has 108 valence electrons. The van der Waals surface area contributed by atoms with Crippen LogP contribution in [-0.2, 0) is 0 Å². The van der Waals surface area contributed by atoms with Gasteiger partial charge in [0.15, 0.2) is 0 Å². The molecule has 4 heteroatoms. The van der Waals surface area contributed by atoms with Crippen LogP contribution in [0.25, 0.3) is 0 Å². The maximum Gasteiger partial charge on any atom is 0.251 e. The third kappa shape index (κ3) is 5.62. The van der Waals surface area contributed by atoms with E-state index in [1.54, 1.807) is 0 Å². The number of halogens is 1. The first-order chi connectivity index (χ1) is 8.58. The Labute approximate surface area is 122 Å². The second kappa shape index (κ2) is 8.94. The average Bonchev–Trinajstić information content (AvgIpc) is 2.37. The summed E-state index contributed by atoms with van der Waals surface area (Å²) in [5, 5.41) is 3.00. The molecule has 1 rings (SSSR count). The molecular weight excluding hydrogens is 260 g/mol. The van der Waals surface area contributed by atoms with Crippen molar-refractivity contribution >= 4 is 18.3 Å². The summed E-state index contributed by atoms with van der Waals surface area (Å²) in [7, 11) is 0. The van der Waals surface area contributed by atoms with Crippen LogP contribution >= 0.6 is 12.4 Å². The van der Waals surface area contributed by atoms with Crippen molar-refractivity contribution in [2.45, 2.75) is 46.1 Å². The first kappa shape index (κ1) is 17.9. The molecule has 0 aliphatic heterocycles. The molecule has 19 heavy (non-hydrogen) atoms. The van der Waals surface area contributed by atoms with E-state index in [-0.39, 0.29) is 24.4 Å². The minimum atomic E-state index is -0.0235. The smallest absolute Gasteiger partial charge is 0.251 e. The lowest BCUT2D eigenvalue weighted by molar-refractivity contribution is 0.0935. The fraction of sp³-hybridized carbons (Fsp3) is 0.533. The van der Waals surface area contributed by atoms with E-state index in [9.17, 15) is 4.79 Å². The van der Waals surface area contributed by atoms with Crippen LogP contribution in [0.15, 0.2) is 18.2 Å². The van der Waals surface area contributed by atoms with Crippen molar-refractivity contribution in [2.75, 3.05) is 6.54 Å². The molecule has 0 aromatic heterocycles. The number of carbonyl (C=O) groups excluding carboxylic acids is 1. The summed E-state index contributed by atoms with van der Waals surface area (Å²) >= 11 is 0. The number of nitrogens with two attached hydrogens (primary N) is 1. The van der Waals surface area contributed by atoms with Crippen molar-refractivity contribution in [1.82, 2.24) is 5.32 Å². The Bertz CT molecular complexity index is 407. The van der Waals surface area contributed by atoms with Crippen LogP contribution in [0, 0.1) is 13.8 Å². The molecule has 0 aliphatic rings. The van der Waals surface area contributed by atoms with Crippen molar-refractivity contribution in [3.63, 3.8) is 0 Å². The van der Waals surface area contributed by atoms with Crippen LogP contribution in [0.2, 0.25) is 0 Å². The van der Waals surface area contributed by atoms with Crippen LogP contribution in [0.1, 0.15) is 47.7 Å². The van der Waals surface area contributed by atoms with Crippen LogP contribution in [0.5, 0.6) is 0 Å². The van der Waals surface area contributed by atoms with Gasteiger partial charge in [-0.3, -0.25) is 4.79 Å². The Kier molecular flexibility index (Phi) is 8.44. The number of hydrogen-bond acceptors (Lipinski definition) is 2. The predicted octanol–water partition coefficient (Wildman–Crippen LogP) is 2.97. The maximum absolute atomic E-state index is 12.1. The molecule has 0 saturated carbocycles. The number of carbonyl (C=O) groups is 1. The summed E-state index contributed by atoms with van der Waals surface area (Å²) in [5.74, 6) is -0.0235. The Morgan fingerprint density at radius 3 is 2.53 bits per heavy atom. The number of nitrogens with one attached hydrogen (secondary N) is 1. The van der Waals surface area contributed by atoms with Gasteiger partial charge in [-0.15, -0.1) is 12.4 Å². The van der Waals surface area contributed by atoms with Crippen molar-refractivity contribution in [2.24, 2.45) is 5.73 Å². The molecule has 3 N–H and O–H groups in total. The fourth-order valence-corrected chi connectivity index (χ4v) is 1.85. The van der Waals surface area contributed by atoms with Crippen molar-refractivity contribution < 1.29 is 4.79 Å². The quantitative estimate of drug-likeness (QED) is 0.844. The molecule has 0 saturated heterocycles. The molecule has 0 fully saturated rings. The van der Waals surface area contributed by atoms with E-state index in [2.05, 4.69) is 12.2 Å². The minimum absolute atomic E-state index is 0. The van der Waals surface area contributed by atoms with Gasteiger partial charge in [-0.1, -0.05) is 25.8 Å². The second-order valence-electron chi connectivity index (χ2n) is 4.85. The second-order valence-corrected chi connectivity index (χ2v) is 4.85. The van der Waals surface area contributed by atoms with E-state index in [0.29, 0.717) is 12.1 Å². The zero-order valence-electron chi connectivity index (χ0n) is 12.0. The first-order valence-corrected chi connectivity index (χ1v) is 6.66. The molecule has 0 heterocycles. The Hall–Kier alpha value is -1.06. The summed E-state index contributed by atoms with van der Waals surface area (Å²) in [4.78, 5) is 12.1. The van der Waals surface area contributed by atoms with E-state index >= 15 is 0 Å². The standard InChI is InChI=1S/C15H24N2O.ClH/c1-4-5-6-14(10-16)17-15(18)13-8-7-11(2)12(3)9-13;/h7-9,14H,4-6,10,16H2,1-3H3,(H,17,18);1H. The van der Waals surface area contributed by atoms with Crippen molar-refractivity contribution in [3.8, 4) is 0 Å². The predicted molar refractivity (Wildman–Crippen MR) is 83.0 cm³/mol. The summed E-state index contributed by atoms with van der Waals surface area (Å²) in [6.45, 7) is 6.69. The molecule has 0 spiro atoms. The zero-order chi connectivity index (χ0) is 13.5. The fourth-order valence-electron chi connectivity index (χ4n) is 1.85. The molecule has 1 aromatic carbocycles. The summed E-state index contributed by atoms with van der Waals surface area (Å²) in [6.07, 6.45) is 3.16. The third-order valence-electron chi connectivity index (χ3n) is 3.29. The summed E-state index contributed by atoms with van der Waals surface area (Å²) in [5.41, 5.74) is 8.74.